The minimum absolute atomic E-state index is 0.0232. The quantitative estimate of drug-likeness (QED) is 0.118. The highest BCUT2D eigenvalue weighted by Gasteiger charge is 2.37. The number of aliphatic hydroxyl groups excluding tert-OH is 1. The van der Waals surface area contributed by atoms with Gasteiger partial charge in [0.05, 0.1) is 24.4 Å². The number of likely N-dealkylation sites (tertiary alicyclic amines) is 1. The molecular formula is C41H45ClN2O7. The number of aliphatic hydroxyl groups is 2. The molecule has 3 atom stereocenters. The number of amides is 1. The van der Waals surface area contributed by atoms with Gasteiger partial charge in [-0.2, -0.15) is 0 Å². The van der Waals surface area contributed by atoms with Gasteiger partial charge < -0.3 is 35.0 Å². The second-order valence-electron chi connectivity index (χ2n) is 13.5. The van der Waals surface area contributed by atoms with E-state index in [9.17, 15) is 19.8 Å². The van der Waals surface area contributed by atoms with Crippen molar-refractivity contribution in [3.05, 3.63) is 130 Å². The van der Waals surface area contributed by atoms with Crippen molar-refractivity contribution in [3.63, 3.8) is 0 Å². The van der Waals surface area contributed by atoms with Crippen LogP contribution in [-0.2, 0) is 37.8 Å². The first kappa shape index (κ1) is 36.7. The van der Waals surface area contributed by atoms with E-state index >= 15 is 0 Å². The maximum atomic E-state index is 12.2. The van der Waals surface area contributed by atoms with E-state index in [1.54, 1.807) is 0 Å². The summed E-state index contributed by atoms with van der Waals surface area (Å²) in [5, 5.41) is 33.4. The summed E-state index contributed by atoms with van der Waals surface area (Å²) in [6, 6.07) is 31.4. The van der Waals surface area contributed by atoms with E-state index in [1.165, 1.54) is 0 Å². The number of ether oxygens (including phenoxy) is 2. The number of nitrogens with one attached hydrogen (secondary N) is 1. The average molecular weight is 713 g/mol. The van der Waals surface area contributed by atoms with E-state index in [2.05, 4.69) is 16.3 Å². The first-order valence-corrected chi connectivity index (χ1v) is 17.9. The second-order valence-corrected chi connectivity index (χ2v) is 14.0. The lowest BCUT2D eigenvalue weighted by Gasteiger charge is -2.42. The molecule has 2 heterocycles. The number of halogens is 1. The Labute approximate surface area is 303 Å². The summed E-state index contributed by atoms with van der Waals surface area (Å²) in [7, 11) is 0. The predicted octanol–water partition coefficient (Wildman–Crippen LogP) is 6.90. The second kappa shape index (κ2) is 17.0. The predicted molar refractivity (Wildman–Crippen MR) is 195 cm³/mol. The highest BCUT2D eigenvalue weighted by molar-refractivity contribution is 6.30. The van der Waals surface area contributed by atoms with Gasteiger partial charge >= 0.3 is 5.97 Å². The van der Waals surface area contributed by atoms with Gasteiger partial charge in [0.2, 0.25) is 5.91 Å². The fourth-order valence-electron chi connectivity index (χ4n) is 6.89. The van der Waals surface area contributed by atoms with Crippen molar-refractivity contribution < 1.29 is 34.4 Å². The number of rotatable bonds is 13. The zero-order valence-corrected chi connectivity index (χ0v) is 29.3. The molecule has 51 heavy (non-hydrogen) atoms. The van der Waals surface area contributed by atoms with Crippen LogP contribution in [0.4, 0.5) is 0 Å². The summed E-state index contributed by atoms with van der Waals surface area (Å²) in [5.41, 5.74) is 5.67. The number of piperidine rings is 1. The first-order chi connectivity index (χ1) is 24.7. The van der Waals surface area contributed by atoms with E-state index in [4.69, 9.17) is 26.2 Å². The molecule has 9 nitrogen and oxygen atoms in total. The minimum Gasteiger partial charge on any atom is -0.481 e. The van der Waals surface area contributed by atoms with Crippen molar-refractivity contribution in [2.45, 2.75) is 75.8 Å². The number of carboxylic acids is 1. The van der Waals surface area contributed by atoms with Crippen LogP contribution in [0.25, 0.3) is 11.1 Å². The van der Waals surface area contributed by atoms with Crippen molar-refractivity contribution in [2.75, 3.05) is 19.6 Å². The molecule has 4 N–H and O–H groups in total. The number of carboxylic acid groups (broad SMARTS) is 1. The zero-order valence-electron chi connectivity index (χ0n) is 28.5. The number of hydrogen-bond acceptors (Lipinski definition) is 7. The third-order valence-corrected chi connectivity index (χ3v) is 10.1. The summed E-state index contributed by atoms with van der Waals surface area (Å²) >= 11 is 6.09. The fourth-order valence-corrected chi connectivity index (χ4v) is 7.02. The van der Waals surface area contributed by atoms with Gasteiger partial charge in [-0.3, -0.25) is 9.59 Å². The van der Waals surface area contributed by atoms with Gasteiger partial charge in [0.1, 0.15) is 0 Å². The van der Waals surface area contributed by atoms with Crippen LogP contribution < -0.4 is 5.32 Å². The number of aliphatic carboxylic acids is 1. The Morgan fingerprint density at radius 3 is 2.25 bits per heavy atom. The van der Waals surface area contributed by atoms with Crippen molar-refractivity contribution in [1.29, 1.82) is 0 Å². The summed E-state index contributed by atoms with van der Waals surface area (Å²) in [5.74, 6) is -1.08. The molecule has 0 spiro atoms. The number of carbonyl (C=O) groups excluding carboxylic acids is 1. The number of nitrogens with zero attached hydrogens (tertiary/aromatic N) is 1. The van der Waals surface area contributed by atoms with Crippen LogP contribution in [0.5, 0.6) is 0 Å². The van der Waals surface area contributed by atoms with Gasteiger partial charge in [-0.25, -0.2) is 0 Å². The highest BCUT2D eigenvalue weighted by atomic mass is 35.5. The molecular weight excluding hydrogens is 668 g/mol. The fraction of sp³-hybridized carbons (Fsp3) is 0.366. The Bertz CT molecular complexity index is 1770. The highest BCUT2D eigenvalue weighted by Crippen LogP contribution is 2.40. The van der Waals surface area contributed by atoms with Crippen LogP contribution >= 0.6 is 11.6 Å². The van der Waals surface area contributed by atoms with Crippen LogP contribution in [0.1, 0.15) is 78.7 Å². The van der Waals surface area contributed by atoms with Crippen molar-refractivity contribution in [2.24, 2.45) is 0 Å². The molecule has 0 unspecified atom stereocenters. The van der Waals surface area contributed by atoms with Gasteiger partial charge in [-0.1, -0.05) is 84.4 Å². The van der Waals surface area contributed by atoms with E-state index in [0.717, 1.165) is 52.0 Å². The standard InChI is InChI=1S/C41H45ClN2O7/c42-35-16-14-34(15-17-35)41(49)18-20-44(21-19-41)26-36-24-37(30-12-10-28(27-45)11-13-30)51-40(50-36)33-7-2-6-32(23-33)31-5-1-4-29(22-31)25-43-38(46)8-3-9-39(47)48/h1-2,4-7,10-17,22-23,36-37,40,45,49H,3,8-9,18-21,24-27H2,(H,43,46)(H,47,48)/t36-,37+,40+/m1/s1. The van der Waals surface area contributed by atoms with Crippen LogP contribution in [0.15, 0.2) is 97.1 Å². The Kier molecular flexibility index (Phi) is 12.2. The lowest BCUT2D eigenvalue weighted by atomic mass is 9.84. The molecule has 0 saturated carbocycles. The first-order valence-electron chi connectivity index (χ1n) is 17.6. The van der Waals surface area contributed by atoms with Gasteiger partial charge in [0.15, 0.2) is 6.29 Å². The Morgan fingerprint density at radius 1 is 0.843 bits per heavy atom. The summed E-state index contributed by atoms with van der Waals surface area (Å²) in [6.45, 7) is 2.49. The molecule has 268 valence electrons. The van der Waals surface area contributed by atoms with Crippen LogP contribution in [0, 0.1) is 0 Å². The van der Waals surface area contributed by atoms with E-state index < -0.39 is 17.9 Å². The molecule has 4 aromatic rings. The average Bonchev–Trinajstić information content (AvgIpc) is 3.15. The number of benzene rings is 4. The Balaban J connectivity index is 1.15. The van der Waals surface area contributed by atoms with Crippen molar-refractivity contribution in [1.82, 2.24) is 10.2 Å². The molecule has 1 amide bonds. The maximum Gasteiger partial charge on any atom is 0.303 e. The van der Waals surface area contributed by atoms with Crippen LogP contribution in [0.3, 0.4) is 0 Å². The number of hydrogen-bond donors (Lipinski definition) is 4. The smallest absolute Gasteiger partial charge is 0.303 e. The van der Waals surface area contributed by atoms with E-state index in [-0.39, 0.29) is 37.6 Å². The van der Waals surface area contributed by atoms with Crippen molar-refractivity contribution in [3.8, 4) is 11.1 Å². The third-order valence-electron chi connectivity index (χ3n) is 9.84. The largest absolute Gasteiger partial charge is 0.481 e. The topological polar surface area (TPSA) is 129 Å². The van der Waals surface area contributed by atoms with Crippen molar-refractivity contribution >= 4 is 23.5 Å². The summed E-state index contributed by atoms with van der Waals surface area (Å²) in [6.07, 6.45) is 1.38. The summed E-state index contributed by atoms with van der Waals surface area (Å²) < 4.78 is 13.3. The number of carbonyl (C=O) groups is 2. The Hall–Kier alpha value is -4.09. The molecule has 0 radical (unpaired) electrons. The van der Waals surface area contributed by atoms with Gasteiger partial charge in [-0.05, 0) is 76.9 Å². The lowest BCUT2D eigenvalue weighted by molar-refractivity contribution is -0.253. The lowest BCUT2D eigenvalue weighted by Crippen LogP contribution is -2.46. The van der Waals surface area contributed by atoms with Crippen LogP contribution in [0.2, 0.25) is 5.02 Å². The zero-order chi connectivity index (χ0) is 35.8. The van der Waals surface area contributed by atoms with E-state index in [1.807, 2.05) is 91.0 Å². The van der Waals surface area contributed by atoms with Gasteiger partial charge in [0, 0.05) is 56.0 Å². The third kappa shape index (κ3) is 9.83. The normalized spacial score (nSPS) is 20.5. The molecule has 2 aliphatic heterocycles. The molecule has 2 saturated heterocycles. The minimum atomic E-state index is -0.907. The Morgan fingerprint density at radius 2 is 1.55 bits per heavy atom. The molecule has 2 aliphatic rings. The summed E-state index contributed by atoms with van der Waals surface area (Å²) in [4.78, 5) is 25.3. The monoisotopic (exact) mass is 712 g/mol. The molecule has 4 aromatic carbocycles. The molecule has 2 fully saturated rings. The van der Waals surface area contributed by atoms with Gasteiger partial charge in [-0.15, -0.1) is 0 Å². The molecule has 0 aliphatic carbocycles. The molecule has 0 aromatic heterocycles. The maximum absolute atomic E-state index is 12.2. The van der Waals surface area contributed by atoms with Crippen LogP contribution in [-0.4, -0.2) is 57.8 Å². The molecule has 0 bridgehead atoms. The van der Waals surface area contributed by atoms with Gasteiger partial charge in [0.25, 0.3) is 0 Å². The van der Waals surface area contributed by atoms with E-state index in [0.29, 0.717) is 43.8 Å². The molecule has 10 heteroatoms. The molecule has 6 rings (SSSR count). The SMILES string of the molecule is O=C(O)CCCC(=O)NCc1cccc(-c2cccc([C@H]3O[C@@H](CN4CCC(O)(c5ccc(Cl)cc5)CC4)C[C@@H](c4ccc(CO)cc4)O3)c2)c1.